The van der Waals surface area contributed by atoms with Gasteiger partial charge in [-0.05, 0) is 0 Å². The largest absolute Gasteiger partial charge is 0.514 e. The number of carbonyl (C=O) groups excluding carboxylic acids is 2. The van der Waals surface area contributed by atoms with Crippen molar-refractivity contribution in [3.63, 3.8) is 0 Å². The lowest BCUT2D eigenvalue weighted by atomic mass is 10.7. The Morgan fingerprint density at radius 2 is 1.00 bits per heavy atom. The highest BCUT2D eigenvalue weighted by atomic mass is 16.7. The summed E-state index contributed by atoms with van der Waals surface area (Å²) in [6, 6.07) is 0. The molecule has 0 bridgehead atoms. The van der Waals surface area contributed by atoms with Crippen molar-refractivity contribution in [2.75, 3.05) is 0 Å². The first-order valence-corrected chi connectivity index (χ1v) is 2.33. The summed E-state index contributed by atoms with van der Waals surface area (Å²) >= 11 is 0. The first kappa shape index (κ1) is 9.88. The molecule has 0 aliphatic heterocycles. The molecule has 0 saturated heterocycles. The van der Waals surface area contributed by atoms with Crippen molar-refractivity contribution in [2.24, 2.45) is 0 Å². The number of carboxylic acid groups (broad SMARTS) is 2. The van der Waals surface area contributed by atoms with Gasteiger partial charge in [-0.3, -0.25) is 0 Å². The van der Waals surface area contributed by atoms with Crippen LogP contribution in [0.25, 0.3) is 0 Å². The van der Waals surface area contributed by atoms with Gasteiger partial charge in [-0.1, -0.05) is 0 Å². The molecule has 0 saturated carbocycles. The Labute approximate surface area is 64.3 Å². The summed E-state index contributed by atoms with van der Waals surface area (Å²) in [7, 11) is 0. The van der Waals surface area contributed by atoms with Crippen LogP contribution in [0.2, 0.25) is 0 Å². The monoisotopic (exact) mass is 178 g/mol. The Hall–Kier alpha value is -2.12. The molecule has 0 spiro atoms. The van der Waals surface area contributed by atoms with Crippen molar-refractivity contribution in [1.29, 1.82) is 0 Å². The third-order valence-electron chi connectivity index (χ3n) is 0.527. The summed E-state index contributed by atoms with van der Waals surface area (Å²) in [6.07, 6.45) is -4.05. The molecule has 0 aliphatic rings. The van der Waals surface area contributed by atoms with Gasteiger partial charge in [0.25, 0.3) is 0 Å². The maximum absolute atomic E-state index is 10.1. The van der Waals surface area contributed by atoms with Crippen LogP contribution in [0.5, 0.6) is 0 Å². The fourth-order valence-corrected chi connectivity index (χ4v) is 0.242. The van der Waals surface area contributed by atoms with Crippen LogP contribution in [-0.4, -0.2) is 34.5 Å². The molecule has 0 aromatic rings. The third-order valence-corrected chi connectivity index (χ3v) is 0.527. The number of ether oxygens (including phenoxy) is 2. The zero-order valence-corrected chi connectivity index (χ0v) is 5.34. The lowest BCUT2D eigenvalue weighted by molar-refractivity contribution is -0.162. The highest BCUT2D eigenvalue weighted by molar-refractivity contribution is 6.32. The Balaban J connectivity index is 4.03. The van der Waals surface area contributed by atoms with Gasteiger partial charge in [-0.15, -0.1) is 0 Å². The highest BCUT2D eigenvalue weighted by Gasteiger charge is 2.23. The maximum atomic E-state index is 10.1. The van der Waals surface area contributed by atoms with E-state index in [1.807, 2.05) is 0 Å². The molecule has 0 fully saturated rings. The zero-order chi connectivity index (χ0) is 9.72. The normalized spacial score (nSPS) is 8.33. The third kappa shape index (κ3) is 3.82. The molecule has 0 amide bonds. The highest BCUT2D eigenvalue weighted by Crippen LogP contribution is 1.85. The van der Waals surface area contributed by atoms with Crippen LogP contribution in [0.3, 0.4) is 0 Å². The molecule has 8 nitrogen and oxygen atoms in total. The van der Waals surface area contributed by atoms with Crippen molar-refractivity contribution in [2.45, 2.75) is 0 Å². The summed E-state index contributed by atoms with van der Waals surface area (Å²) in [5, 5.41) is 15.5. The molecule has 0 aromatic carbocycles. The molecule has 2 N–H and O–H groups in total. The average Bonchev–Trinajstić information content (AvgIpc) is 1.84. The van der Waals surface area contributed by atoms with E-state index in [-0.39, 0.29) is 0 Å². The van der Waals surface area contributed by atoms with E-state index >= 15 is 0 Å². The van der Waals surface area contributed by atoms with Gasteiger partial charge in [0.2, 0.25) is 0 Å². The Morgan fingerprint density at radius 1 is 0.750 bits per heavy atom. The van der Waals surface area contributed by atoms with Crippen molar-refractivity contribution < 1.29 is 38.9 Å². The molecule has 0 atom stereocenters. The molecule has 0 heterocycles. The fraction of sp³-hybridized carbons (Fsp3) is 0. The number of esters is 2. The number of hydrogen-bond donors (Lipinski definition) is 2. The SMILES string of the molecule is O=C(O)OC(=O)C(=O)OC(=O)O. The minimum absolute atomic E-state index is 1.91. The van der Waals surface area contributed by atoms with E-state index in [9.17, 15) is 19.2 Å². The van der Waals surface area contributed by atoms with E-state index in [0.717, 1.165) is 0 Å². The van der Waals surface area contributed by atoms with Crippen LogP contribution in [-0.2, 0) is 19.1 Å². The van der Waals surface area contributed by atoms with E-state index in [4.69, 9.17) is 10.2 Å². The predicted octanol–water partition coefficient (Wildman–Crippen LogP) is -0.571. The minimum atomic E-state index is -2.03. The van der Waals surface area contributed by atoms with E-state index in [2.05, 4.69) is 9.47 Å². The van der Waals surface area contributed by atoms with E-state index in [0.29, 0.717) is 0 Å². The Bertz CT molecular complexity index is 213. The van der Waals surface area contributed by atoms with Crippen LogP contribution in [0, 0.1) is 0 Å². The van der Waals surface area contributed by atoms with Crippen molar-refractivity contribution in [3.8, 4) is 0 Å². The van der Waals surface area contributed by atoms with Gasteiger partial charge in [0, 0.05) is 0 Å². The molecular weight excluding hydrogens is 176 g/mol. The molecule has 0 rings (SSSR count). The molecule has 66 valence electrons. The van der Waals surface area contributed by atoms with E-state index in [1.165, 1.54) is 0 Å². The standard InChI is InChI=1S/C4H2O8/c5-1(11-3(7)8)2(6)12-4(9)10/h(H,7,8)(H,9,10). The summed E-state index contributed by atoms with van der Waals surface area (Å²) in [6.45, 7) is 0. The van der Waals surface area contributed by atoms with Crippen molar-refractivity contribution in [1.82, 2.24) is 0 Å². The van der Waals surface area contributed by atoms with E-state index < -0.39 is 24.2 Å². The number of carbonyl (C=O) groups is 4. The van der Waals surface area contributed by atoms with Crippen LogP contribution < -0.4 is 0 Å². The second kappa shape index (κ2) is 3.91. The number of hydrogen-bond acceptors (Lipinski definition) is 6. The van der Waals surface area contributed by atoms with Crippen molar-refractivity contribution >= 4 is 24.2 Å². The van der Waals surface area contributed by atoms with Gasteiger partial charge in [0.1, 0.15) is 0 Å². The van der Waals surface area contributed by atoms with Gasteiger partial charge >= 0.3 is 24.2 Å². The van der Waals surface area contributed by atoms with Crippen molar-refractivity contribution in [3.05, 3.63) is 0 Å². The smallest absolute Gasteiger partial charge is 0.449 e. The quantitative estimate of drug-likeness (QED) is 0.286. The Kier molecular flexibility index (Phi) is 3.22. The van der Waals surface area contributed by atoms with Gasteiger partial charge in [0.05, 0.1) is 0 Å². The van der Waals surface area contributed by atoms with Crippen LogP contribution in [0.4, 0.5) is 9.59 Å². The summed E-state index contributed by atoms with van der Waals surface area (Å²) < 4.78 is 6.51. The second-order valence-corrected chi connectivity index (χ2v) is 1.31. The van der Waals surface area contributed by atoms with Crippen LogP contribution in [0.1, 0.15) is 0 Å². The number of rotatable bonds is 0. The molecule has 0 radical (unpaired) electrons. The molecule has 8 heteroatoms. The second-order valence-electron chi connectivity index (χ2n) is 1.31. The summed E-state index contributed by atoms with van der Waals surface area (Å²) in [4.78, 5) is 39.5. The molecule has 0 aliphatic carbocycles. The molecular formula is C4H2O8. The summed E-state index contributed by atoms with van der Waals surface area (Å²) in [5.41, 5.74) is 0. The maximum Gasteiger partial charge on any atom is 0.514 e. The Morgan fingerprint density at radius 3 is 1.17 bits per heavy atom. The molecule has 0 unspecified atom stereocenters. The lowest BCUT2D eigenvalue weighted by Gasteiger charge is -1.94. The predicted molar refractivity (Wildman–Crippen MR) is 28.2 cm³/mol. The van der Waals surface area contributed by atoms with Gasteiger partial charge in [-0.25, -0.2) is 19.2 Å². The lowest BCUT2D eigenvalue weighted by Crippen LogP contribution is -2.24. The topological polar surface area (TPSA) is 127 Å². The van der Waals surface area contributed by atoms with Crippen LogP contribution >= 0.6 is 0 Å². The minimum Gasteiger partial charge on any atom is -0.449 e. The first-order valence-electron chi connectivity index (χ1n) is 2.33. The fourth-order valence-electron chi connectivity index (χ4n) is 0.242. The van der Waals surface area contributed by atoms with Gasteiger partial charge in [0.15, 0.2) is 0 Å². The van der Waals surface area contributed by atoms with Gasteiger partial charge < -0.3 is 19.7 Å². The zero-order valence-electron chi connectivity index (χ0n) is 5.34. The summed E-state index contributed by atoms with van der Waals surface area (Å²) in [5.74, 6) is -3.82. The molecule has 12 heavy (non-hydrogen) atoms. The van der Waals surface area contributed by atoms with E-state index in [1.54, 1.807) is 0 Å². The van der Waals surface area contributed by atoms with Crippen LogP contribution in [0.15, 0.2) is 0 Å². The first-order chi connectivity index (χ1) is 5.43. The van der Waals surface area contributed by atoms with Gasteiger partial charge in [-0.2, -0.15) is 0 Å². The average molecular weight is 178 g/mol. The molecule has 0 aromatic heterocycles.